The zero-order chi connectivity index (χ0) is 20.4. The van der Waals surface area contributed by atoms with Crippen LogP contribution in [0.5, 0.6) is 5.75 Å². The number of nitrogens with zero attached hydrogens (tertiary/aromatic N) is 3. The van der Waals surface area contributed by atoms with E-state index in [-0.39, 0.29) is 11.8 Å². The van der Waals surface area contributed by atoms with Gasteiger partial charge < -0.3 is 14.5 Å². The van der Waals surface area contributed by atoms with Crippen LogP contribution in [0.2, 0.25) is 5.02 Å². The molecule has 0 unspecified atom stereocenters. The van der Waals surface area contributed by atoms with Gasteiger partial charge in [-0.05, 0) is 36.2 Å². The Morgan fingerprint density at radius 1 is 1.03 bits per heavy atom. The summed E-state index contributed by atoms with van der Waals surface area (Å²) in [6.07, 6.45) is 0.908. The molecule has 0 aromatic heterocycles. The summed E-state index contributed by atoms with van der Waals surface area (Å²) in [6, 6.07) is 13.1. The molecule has 2 aromatic carbocycles. The number of hydrogen-bond acceptors (Lipinski definition) is 4. The third-order valence-electron chi connectivity index (χ3n) is 5.60. The molecule has 2 heterocycles. The Balaban J connectivity index is 1.35. The number of methoxy groups -OCH3 is 1. The number of benzene rings is 2. The topological polar surface area (TPSA) is 53.1 Å². The molecule has 2 aliphatic rings. The van der Waals surface area contributed by atoms with Crippen LogP contribution in [0.25, 0.3) is 0 Å². The van der Waals surface area contributed by atoms with E-state index in [1.165, 1.54) is 5.56 Å². The molecule has 152 valence electrons. The zero-order valence-electron chi connectivity index (χ0n) is 16.4. The predicted octanol–water partition coefficient (Wildman–Crippen LogP) is 2.70. The molecule has 0 radical (unpaired) electrons. The molecule has 0 aliphatic carbocycles. The minimum Gasteiger partial charge on any atom is -0.496 e. The van der Waals surface area contributed by atoms with Gasteiger partial charge in [0, 0.05) is 43.4 Å². The van der Waals surface area contributed by atoms with E-state index in [0.717, 1.165) is 18.7 Å². The first-order valence-corrected chi connectivity index (χ1v) is 10.2. The van der Waals surface area contributed by atoms with Gasteiger partial charge in [0.2, 0.25) is 5.91 Å². The quantitative estimate of drug-likeness (QED) is 0.773. The molecule has 7 heteroatoms. The van der Waals surface area contributed by atoms with Gasteiger partial charge in [-0.2, -0.15) is 0 Å². The summed E-state index contributed by atoms with van der Waals surface area (Å²) in [5.41, 5.74) is 2.73. The van der Waals surface area contributed by atoms with Crippen LogP contribution in [0.15, 0.2) is 42.5 Å². The van der Waals surface area contributed by atoms with Crippen LogP contribution in [-0.2, 0) is 11.2 Å². The van der Waals surface area contributed by atoms with Gasteiger partial charge in [-0.15, -0.1) is 0 Å². The fourth-order valence-electron chi connectivity index (χ4n) is 4.00. The Morgan fingerprint density at radius 3 is 2.55 bits per heavy atom. The molecule has 2 amide bonds. The average molecular weight is 414 g/mol. The van der Waals surface area contributed by atoms with E-state index in [2.05, 4.69) is 11.0 Å². The molecule has 0 N–H and O–H groups in total. The Hall–Kier alpha value is -2.57. The summed E-state index contributed by atoms with van der Waals surface area (Å²) in [6.45, 7) is 3.57. The van der Waals surface area contributed by atoms with E-state index in [0.29, 0.717) is 49.1 Å². The summed E-state index contributed by atoms with van der Waals surface area (Å²) in [7, 11) is 1.54. The fraction of sp³-hybridized carbons (Fsp3) is 0.364. The Kier molecular flexibility index (Phi) is 5.74. The average Bonchev–Trinajstić information content (AvgIpc) is 3.18. The Bertz CT molecular complexity index is 925. The lowest BCUT2D eigenvalue weighted by Gasteiger charge is -2.35. The van der Waals surface area contributed by atoms with E-state index in [4.69, 9.17) is 16.3 Å². The number of anilines is 1. The number of para-hydroxylation sites is 1. The van der Waals surface area contributed by atoms with Crippen molar-refractivity contribution in [1.29, 1.82) is 0 Å². The minimum absolute atomic E-state index is 0.0937. The van der Waals surface area contributed by atoms with Crippen molar-refractivity contribution in [1.82, 2.24) is 9.80 Å². The van der Waals surface area contributed by atoms with E-state index in [1.54, 1.807) is 30.2 Å². The molecule has 1 fully saturated rings. The van der Waals surface area contributed by atoms with E-state index in [9.17, 15) is 9.59 Å². The summed E-state index contributed by atoms with van der Waals surface area (Å²) in [5, 5.41) is 0.504. The maximum Gasteiger partial charge on any atom is 0.257 e. The van der Waals surface area contributed by atoms with Crippen LogP contribution in [-0.4, -0.2) is 68.0 Å². The second-order valence-corrected chi connectivity index (χ2v) is 7.77. The van der Waals surface area contributed by atoms with Crippen LogP contribution in [0.4, 0.5) is 5.69 Å². The first-order chi connectivity index (χ1) is 14.1. The number of ether oxygens (including phenoxy) is 1. The van der Waals surface area contributed by atoms with Crippen LogP contribution in [0.3, 0.4) is 0 Å². The molecule has 2 aromatic rings. The highest BCUT2D eigenvalue weighted by Crippen LogP contribution is 2.28. The predicted molar refractivity (Wildman–Crippen MR) is 113 cm³/mol. The molecule has 2 aliphatic heterocycles. The number of hydrogen-bond donors (Lipinski definition) is 0. The zero-order valence-corrected chi connectivity index (χ0v) is 17.2. The summed E-state index contributed by atoms with van der Waals surface area (Å²) in [5.74, 6) is 0.541. The number of amides is 2. The number of halogens is 1. The molecule has 1 saturated heterocycles. The SMILES string of the molecule is COc1ccc(Cl)cc1C(=O)N1CCN(CC(=O)N2CCc3ccccc32)CC1. The van der Waals surface area contributed by atoms with Gasteiger partial charge in [0.1, 0.15) is 5.75 Å². The van der Waals surface area contributed by atoms with Crippen molar-refractivity contribution in [3.8, 4) is 5.75 Å². The van der Waals surface area contributed by atoms with Gasteiger partial charge in [0.05, 0.1) is 19.2 Å². The lowest BCUT2D eigenvalue weighted by molar-refractivity contribution is -0.120. The summed E-state index contributed by atoms with van der Waals surface area (Å²) < 4.78 is 5.30. The largest absolute Gasteiger partial charge is 0.496 e. The van der Waals surface area contributed by atoms with Crippen molar-refractivity contribution in [2.24, 2.45) is 0 Å². The molecule has 0 saturated carbocycles. The Morgan fingerprint density at radius 2 is 1.79 bits per heavy atom. The second kappa shape index (κ2) is 8.43. The third-order valence-corrected chi connectivity index (χ3v) is 5.83. The van der Waals surface area contributed by atoms with Gasteiger partial charge in [-0.1, -0.05) is 29.8 Å². The van der Waals surface area contributed by atoms with Crippen LogP contribution in [0.1, 0.15) is 15.9 Å². The van der Waals surface area contributed by atoms with Crippen molar-refractivity contribution in [3.05, 3.63) is 58.6 Å². The van der Waals surface area contributed by atoms with Gasteiger partial charge in [0.15, 0.2) is 0 Å². The summed E-state index contributed by atoms with van der Waals surface area (Å²) in [4.78, 5) is 31.5. The van der Waals surface area contributed by atoms with Crippen molar-refractivity contribution >= 4 is 29.1 Å². The van der Waals surface area contributed by atoms with Crippen molar-refractivity contribution in [2.75, 3.05) is 51.3 Å². The minimum atomic E-state index is -0.0937. The number of piperazine rings is 1. The molecule has 0 bridgehead atoms. The highest BCUT2D eigenvalue weighted by Gasteiger charge is 2.29. The third kappa shape index (κ3) is 4.09. The molecule has 6 nitrogen and oxygen atoms in total. The van der Waals surface area contributed by atoms with Gasteiger partial charge >= 0.3 is 0 Å². The fourth-order valence-corrected chi connectivity index (χ4v) is 4.17. The second-order valence-electron chi connectivity index (χ2n) is 7.34. The lowest BCUT2D eigenvalue weighted by atomic mass is 10.1. The molecule has 4 rings (SSSR count). The maximum atomic E-state index is 12.9. The van der Waals surface area contributed by atoms with Crippen LogP contribution >= 0.6 is 11.6 Å². The van der Waals surface area contributed by atoms with Gasteiger partial charge in [-0.25, -0.2) is 0 Å². The lowest BCUT2D eigenvalue weighted by Crippen LogP contribution is -2.51. The van der Waals surface area contributed by atoms with Crippen LogP contribution in [0, 0.1) is 0 Å². The molecule has 29 heavy (non-hydrogen) atoms. The van der Waals surface area contributed by atoms with E-state index < -0.39 is 0 Å². The molecular formula is C22H24ClN3O3. The van der Waals surface area contributed by atoms with Crippen molar-refractivity contribution in [2.45, 2.75) is 6.42 Å². The van der Waals surface area contributed by atoms with Crippen molar-refractivity contribution < 1.29 is 14.3 Å². The monoisotopic (exact) mass is 413 g/mol. The first-order valence-electron chi connectivity index (χ1n) is 9.80. The highest BCUT2D eigenvalue weighted by atomic mass is 35.5. The number of fused-ring (bicyclic) bond motifs is 1. The first kappa shape index (κ1) is 19.7. The van der Waals surface area contributed by atoms with E-state index >= 15 is 0 Å². The van der Waals surface area contributed by atoms with Crippen LogP contribution < -0.4 is 9.64 Å². The summed E-state index contributed by atoms with van der Waals surface area (Å²) >= 11 is 6.06. The molecule has 0 atom stereocenters. The van der Waals surface area contributed by atoms with Gasteiger partial charge in [0.25, 0.3) is 5.91 Å². The maximum absolute atomic E-state index is 12.9. The van der Waals surface area contributed by atoms with Gasteiger partial charge in [-0.3, -0.25) is 14.5 Å². The standard InChI is InChI=1S/C22H24ClN3O3/c1-29-20-7-6-17(23)14-18(20)22(28)25-12-10-24(11-13-25)15-21(27)26-9-8-16-4-2-3-5-19(16)26/h2-7,14H,8-13,15H2,1H3. The van der Waals surface area contributed by atoms with E-state index in [1.807, 2.05) is 23.1 Å². The number of carbonyl (C=O) groups excluding carboxylic acids is 2. The normalized spacial score (nSPS) is 16.6. The smallest absolute Gasteiger partial charge is 0.257 e. The Labute approximate surface area is 175 Å². The number of rotatable bonds is 4. The molecular weight excluding hydrogens is 390 g/mol. The number of carbonyl (C=O) groups is 2. The highest BCUT2D eigenvalue weighted by molar-refractivity contribution is 6.31. The van der Waals surface area contributed by atoms with Crippen molar-refractivity contribution in [3.63, 3.8) is 0 Å². The molecule has 0 spiro atoms.